The third-order valence-electron chi connectivity index (χ3n) is 2.94. The van der Waals surface area contributed by atoms with Crippen LogP contribution in [0.25, 0.3) is 0 Å². The van der Waals surface area contributed by atoms with Crippen LogP contribution in [0.2, 0.25) is 0 Å². The number of halogens is 3. The molecule has 1 fully saturated rings. The van der Waals surface area contributed by atoms with Crippen LogP contribution in [0.15, 0.2) is 12.1 Å². The topological polar surface area (TPSA) is 15.3 Å². The molecule has 0 aromatic heterocycles. The lowest BCUT2D eigenvalue weighted by Gasteiger charge is -2.31. The number of rotatable bonds is 2. The summed E-state index contributed by atoms with van der Waals surface area (Å²) in [6.45, 7) is 4.73. The van der Waals surface area contributed by atoms with Crippen molar-refractivity contribution in [3.05, 3.63) is 35.1 Å². The number of benzene rings is 1. The first kappa shape index (κ1) is 12.4. The molecular weight excluding hydrogens is 229 g/mol. The molecule has 1 atom stereocenters. The first-order valence-electron chi connectivity index (χ1n) is 5.65. The van der Waals surface area contributed by atoms with Crippen LogP contribution < -0.4 is 5.32 Å². The lowest BCUT2D eigenvalue weighted by atomic mass is 10.1. The van der Waals surface area contributed by atoms with Gasteiger partial charge in [0, 0.05) is 43.9 Å². The van der Waals surface area contributed by atoms with E-state index in [1.54, 1.807) is 0 Å². The smallest absolute Gasteiger partial charge is 0.161 e. The molecule has 1 unspecified atom stereocenters. The highest BCUT2D eigenvalue weighted by Gasteiger charge is 2.18. The van der Waals surface area contributed by atoms with Gasteiger partial charge in [-0.05, 0) is 13.0 Å². The van der Waals surface area contributed by atoms with Crippen molar-refractivity contribution < 1.29 is 13.2 Å². The second kappa shape index (κ2) is 5.06. The van der Waals surface area contributed by atoms with Gasteiger partial charge in [-0.3, -0.25) is 4.90 Å². The van der Waals surface area contributed by atoms with Crippen LogP contribution in [0.3, 0.4) is 0 Å². The summed E-state index contributed by atoms with van der Waals surface area (Å²) in [7, 11) is 0. The van der Waals surface area contributed by atoms with Crippen molar-refractivity contribution in [2.45, 2.75) is 19.5 Å². The van der Waals surface area contributed by atoms with Crippen molar-refractivity contribution in [1.29, 1.82) is 0 Å². The van der Waals surface area contributed by atoms with Crippen LogP contribution in [0.1, 0.15) is 12.5 Å². The molecule has 2 nitrogen and oxygen atoms in total. The lowest BCUT2D eigenvalue weighted by Crippen LogP contribution is -2.48. The summed E-state index contributed by atoms with van der Waals surface area (Å²) in [5.74, 6) is -2.82. The summed E-state index contributed by atoms with van der Waals surface area (Å²) in [5.41, 5.74) is 0.206. The van der Waals surface area contributed by atoms with E-state index in [1.807, 2.05) is 11.8 Å². The fourth-order valence-corrected chi connectivity index (χ4v) is 2.08. The zero-order valence-electron chi connectivity index (χ0n) is 9.64. The number of nitrogens with zero attached hydrogens (tertiary/aromatic N) is 1. The molecule has 94 valence electrons. The molecule has 1 aliphatic rings. The Kier molecular flexibility index (Phi) is 3.69. The normalized spacial score (nSPS) is 21.8. The average molecular weight is 244 g/mol. The maximum atomic E-state index is 13.4. The Balaban J connectivity index is 2.10. The lowest BCUT2D eigenvalue weighted by molar-refractivity contribution is 0.197. The van der Waals surface area contributed by atoms with Crippen LogP contribution in [-0.4, -0.2) is 30.6 Å². The third-order valence-corrected chi connectivity index (χ3v) is 2.94. The minimum Gasteiger partial charge on any atom is -0.312 e. The summed E-state index contributed by atoms with van der Waals surface area (Å²) in [6, 6.07) is 1.88. The molecule has 1 aromatic carbocycles. The molecule has 2 rings (SSSR count). The second-order valence-corrected chi connectivity index (χ2v) is 4.45. The monoisotopic (exact) mass is 244 g/mol. The molecule has 17 heavy (non-hydrogen) atoms. The second-order valence-electron chi connectivity index (χ2n) is 4.45. The fraction of sp³-hybridized carbons (Fsp3) is 0.500. The standard InChI is InChI=1S/C12H15F3N2/c1-8-6-17(3-2-16-8)7-9-4-11(14)12(15)5-10(9)13/h4-5,8,16H,2-3,6-7H2,1H3. The Labute approximate surface area is 98.4 Å². The van der Waals surface area contributed by atoms with Gasteiger partial charge in [0.05, 0.1) is 0 Å². The molecule has 0 saturated carbocycles. The molecule has 0 bridgehead atoms. The molecule has 0 aliphatic carbocycles. The molecule has 1 N–H and O–H groups in total. The van der Waals surface area contributed by atoms with Crippen molar-refractivity contribution in [2.75, 3.05) is 19.6 Å². The molecule has 0 radical (unpaired) electrons. The van der Waals surface area contributed by atoms with Gasteiger partial charge in [-0.15, -0.1) is 0 Å². The Bertz CT molecular complexity index is 409. The van der Waals surface area contributed by atoms with Crippen LogP contribution in [0.4, 0.5) is 13.2 Å². The predicted octanol–water partition coefficient (Wildman–Crippen LogP) is 1.90. The Morgan fingerprint density at radius 3 is 2.65 bits per heavy atom. The van der Waals surface area contributed by atoms with Gasteiger partial charge in [-0.1, -0.05) is 0 Å². The Morgan fingerprint density at radius 1 is 1.24 bits per heavy atom. The maximum absolute atomic E-state index is 13.4. The zero-order chi connectivity index (χ0) is 12.4. The minimum atomic E-state index is -1.14. The Morgan fingerprint density at radius 2 is 1.94 bits per heavy atom. The number of hydrogen-bond acceptors (Lipinski definition) is 2. The molecule has 1 aliphatic heterocycles. The third kappa shape index (κ3) is 2.98. The first-order valence-corrected chi connectivity index (χ1v) is 5.65. The molecule has 0 amide bonds. The van der Waals surface area contributed by atoms with Crippen molar-refractivity contribution in [2.24, 2.45) is 0 Å². The van der Waals surface area contributed by atoms with E-state index < -0.39 is 17.5 Å². The number of piperazine rings is 1. The summed E-state index contributed by atoms with van der Waals surface area (Å²) in [6.07, 6.45) is 0. The van der Waals surface area contributed by atoms with Gasteiger partial charge in [0.25, 0.3) is 0 Å². The van der Waals surface area contributed by atoms with E-state index >= 15 is 0 Å². The van der Waals surface area contributed by atoms with Crippen molar-refractivity contribution in [3.63, 3.8) is 0 Å². The van der Waals surface area contributed by atoms with E-state index in [2.05, 4.69) is 5.32 Å². The van der Waals surface area contributed by atoms with Gasteiger partial charge in [-0.25, -0.2) is 13.2 Å². The van der Waals surface area contributed by atoms with E-state index in [0.717, 1.165) is 25.7 Å². The van der Waals surface area contributed by atoms with Crippen molar-refractivity contribution in [1.82, 2.24) is 10.2 Å². The zero-order valence-corrected chi connectivity index (χ0v) is 9.64. The quantitative estimate of drug-likeness (QED) is 0.799. The van der Waals surface area contributed by atoms with Gasteiger partial charge in [0.1, 0.15) is 5.82 Å². The highest BCUT2D eigenvalue weighted by molar-refractivity contribution is 5.20. The van der Waals surface area contributed by atoms with Crippen LogP contribution in [0.5, 0.6) is 0 Å². The molecule has 1 heterocycles. The van der Waals surface area contributed by atoms with Gasteiger partial charge in [0.15, 0.2) is 11.6 Å². The fourth-order valence-electron chi connectivity index (χ4n) is 2.08. The average Bonchev–Trinajstić information content (AvgIpc) is 2.26. The van der Waals surface area contributed by atoms with Gasteiger partial charge in [-0.2, -0.15) is 0 Å². The van der Waals surface area contributed by atoms with Gasteiger partial charge < -0.3 is 5.32 Å². The molecular formula is C12H15F3N2. The van der Waals surface area contributed by atoms with Gasteiger partial charge in [0.2, 0.25) is 0 Å². The van der Waals surface area contributed by atoms with E-state index in [1.165, 1.54) is 0 Å². The van der Waals surface area contributed by atoms with Crippen LogP contribution in [0, 0.1) is 17.5 Å². The highest BCUT2D eigenvalue weighted by atomic mass is 19.2. The number of nitrogens with one attached hydrogen (secondary N) is 1. The van der Waals surface area contributed by atoms with Gasteiger partial charge >= 0.3 is 0 Å². The first-order chi connectivity index (χ1) is 8.06. The van der Waals surface area contributed by atoms with E-state index in [-0.39, 0.29) is 5.56 Å². The molecule has 1 aromatic rings. The van der Waals surface area contributed by atoms with Crippen LogP contribution in [-0.2, 0) is 6.54 Å². The number of hydrogen-bond donors (Lipinski definition) is 1. The maximum Gasteiger partial charge on any atom is 0.161 e. The Hall–Kier alpha value is -1.07. The molecule has 5 heteroatoms. The highest BCUT2D eigenvalue weighted by Crippen LogP contribution is 2.16. The van der Waals surface area contributed by atoms with E-state index in [4.69, 9.17) is 0 Å². The molecule has 1 saturated heterocycles. The van der Waals surface area contributed by atoms with E-state index in [0.29, 0.717) is 18.7 Å². The van der Waals surface area contributed by atoms with Crippen molar-refractivity contribution >= 4 is 0 Å². The summed E-state index contributed by atoms with van der Waals surface area (Å²) in [4.78, 5) is 2.02. The minimum absolute atomic E-state index is 0.206. The largest absolute Gasteiger partial charge is 0.312 e. The van der Waals surface area contributed by atoms with Crippen LogP contribution >= 0.6 is 0 Å². The van der Waals surface area contributed by atoms with E-state index in [9.17, 15) is 13.2 Å². The summed E-state index contributed by atoms with van der Waals surface area (Å²) in [5, 5.41) is 3.26. The summed E-state index contributed by atoms with van der Waals surface area (Å²) >= 11 is 0. The predicted molar refractivity (Wildman–Crippen MR) is 59.1 cm³/mol. The molecule has 0 spiro atoms. The SMILES string of the molecule is CC1CN(Cc2cc(F)c(F)cc2F)CCN1. The van der Waals surface area contributed by atoms with Crippen molar-refractivity contribution in [3.8, 4) is 0 Å². The summed E-state index contributed by atoms with van der Waals surface area (Å²) < 4.78 is 39.2.